The van der Waals surface area contributed by atoms with Crippen LogP contribution in [0, 0.1) is 12.7 Å². The number of aryl methyl sites for hydroxylation is 1. The number of hydrogen-bond acceptors (Lipinski definition) is 5. The third kappa shape index (κ3) is 4.93. The third-order valence-corrected chi connectivity index (χ3v) is 5.06. The molecule has 1 aromatic carbocycles. The molecule has 0 aliphatic heterocycles. The van der Waals surface area contributed by atoms with Crippen LogP contribution in [-0.2, 0) is 10.0 Å². The maximum atomic E-state index is 13.4. The first kappa shape index (κ1) is 17.2. The Balaban J connectivity index is 2.61. The standard InChI is InChI=1S/C12H19FN2O3S2/c1-9-7-10(8-11(14)12(9)13)20(17,18)15-3-6-19-5-2-4-16/h7-8,15-16H,2-6,14H2,1H3. The Morgan fingerprint density at radius 3 is 2.70 bits per heavy atom. The van der Waals surface area contributed by atoms with Crippen molar-refractivity contribution >= 4 is 27.5 Å². The van der Waals surface area contributed by atoms with Gasteiger partial charge in [-0.15, -0.1) is 0 Å². The van der Waals surface area contributed by atoms with Crippen molar-refractivity contribution in [3.8, 4) is 0 Å². The van der Waals surface area contributed by atoms with E-state index in [0.29, 0.717) is 12.2 Å². The zero-order chi connectivity index (χ0) is 15.2. The summed E-state index contributed by atoms with van der Waals surface area (Å²) in [5.41, 5.74) is 5.45. The van der Waals surface area contributed by atoms with Gasteiger partial charge in [-0.05, 0) is 36.8 Å². The van der Waals surface area contributed by atoms with Crippen LogP contribution in [0.25, 0.3) is 0 Å². The topological polar surface area (TPSA) is 92.4 Å². The van der Waals surface area contributed by atoms with Crippen LogP contribution in [0.15, 0.2) is 17.0 Å². The van der Waals surface area contributed by atoms with Gasteiger partial charge in [0.05, 0.1) is 10.6 Å². The van der Waals surface area contributed by atoms with Crippen LogP contribution in [0.1, 0.15) is 12.0 Å². The quantitative estimate of drug-likeness (QED) is 0.492. The summed E-state index contributed by atoms with van der Waals surface area (Å²) < 4.78 is 39.8. The smallest absolute Gasteiger partial charge is 0.240 e. The molecule has 0 bridgehead atoms. The minimum atomic E-state index is -3.67. The van der Waals surface area contributed by atoms with E-state index < -0.39 is 15.8 Å². The Hall–Kier alpha value is -0.830. The monoisotopic (exact) mass is 322 g/mol. The van der Waals surface area contributed by atoms with Crippen LogP contribution < -0.4 is 10.5 Å². The van der Waals surface area contributed by atoms with Gasteiger partial charge in [0.1, 0.15) is 5.82 Å². The minimum absolute atomic E-state index is 0.0331. The van der Waals surface area contributed by atoms with Crippen LogP contribution in [0.5, 0.6) is 0 Å². The van der Waals surface area contributed by atoms with Gasteiger partial charge in [0.15, 0.2) is 0 Å². The molecule has 0 atom stereocenters. The van der Waals surface area contributed by atoms with Crippen molar-refractivity contribution in [2.75, 3.05) is 30.4 Å². The first-order chi connectivity index (χ1) is 9.38. The molecule has 0 aliphatic carbocycles. The lowest BCUT2D eigenvalue weighted by molar-refractivity contribution is 0.296. The number of hydrogen-bond donors (Lipinski definition) is 3. The molecule has 0 saturated carbocycles. The first-order valence-corrected chi connectivity index (χ1v) is 8.76. The Labute approximate surface area is 122 Å². The molecule has 0 aliphatic rings. The van der Waals surface area contributed by atoms with E-state index in [1.165, 1.54) is 13.0 Å². The maximum absolute atomic E-state index is 13.4. The molecule has 20 heavy (non-hydrogen) atoms. The van der Waals surface area contributed by atoms with Crippen molar-refractivity contribution in [1.29, 1.82) is 0 Å². The number of benzene rings is 1. The number of nitrogen functional groups attached to an aromatic ring is 1. The third-order valence-electron chi connectivity index (χ3n) is 2.55. The number of rotatable bonds is 8. The Morgan fingerprint density at radius 1 is 1.40 bits per heavy atom. The van der Waals surface area contributed by atoms with E-state index in [-0.39, 0.29) is 29.3 Å². The van der Waals surface area contributed by atoms with E-state index in [4.69, 9.17) is 10.8 Å². The summed E-state index contributed by atoms with van der Waals surface area (Å²) in [6, 6.07) is 2.37. The summed E-state index contributed by atoms with van der Waals surface area (Å²) in [7, 11) is -3.67. The van der Waals surface area contributed by atoms with Crippen LogP contribution >= 0.6 is 11.8 Å². The number of halogens is 1. The van der Waals surface area contributed by atoms with Gasteiger partial charge in [0.25, 0.3) is 0 Å². The molecule has 0 fully saturated rings. The number of nitrogens with one attached hydrogen (secondary N) is 1. The molecule has 1 aromatic rings. The molecule has 4 N–H and O–H groups in total. The highest BCUT2D eigenvalue weighted by Crippen LogP contribution is 2.20. The zero-order valence-corrected chi connectivity index (χ0v) is 12.9. The first-order valence-electron chi connectivity index (χ1n) is 6.12. The zero-order valence-electron chi connectivity index (χ0n) is 11.2. The lowest BCUT2D eigenvalue weighted by Crippen LogP contribution is -2.26. The Kier molecular flexibility index (Phi) is 6.74. The molecule has 0 saturated heterocycles. The van der Waals surface area contributed by atoms with Gasteiger partial charge in [-0.1, -0.05) is 0 Å². The fourth-order valence-corrected chi connectivity index (χ4v) is 3.58. The van der Waals surface area contributed by atoms with Crippen LogP contribution in [-0.4, -0.2) is 38.2 Å². The highest BCUT2D eigenvalue weighted by atomic mass is 32.2. The van der Waals surface area contributed by atoms with Gasteiger partial charge in [-0.25, -0.2) is 17.5 Å². The molecule has 0 aromatic heterocycles. The second-order valence-electron chi connectivity index (χ2n) is 4.23. The van der Waals surface area contributed by atoms with Crippen molar-refractivity contribution in [2.24, 2.45) is 0 Å². The van der Waals surface area contributed by atoms with Gasteiger partial charge < -0.3 is 10.8 Å². The van der Waals surface area contributed by atoms with E-state index in [1.54, 1.807) is 11.8 Å². The molecule has 1 rings (SSSR count). The summed E-state index contributed by atoms with van der Waals surface area (Å²) >= 11 is 1.55. The maximum Gasteiger partial charge on any atom is 0.240 e. The minimum Gasteiger partial charge on any atom is -0.396 e. The van der Waals surface area contributed by atoms with Crippen LogP contribution in [0.4, 0.5) is 10.1 Å². The SMILES string of the molecule is Cc1cc(S(=O)(=O)NCCSCCCO)cc(N)c1F. The fraction of sp³-hybridized carbons (Fsp3) is 0.500. The second-order valence-corrected chi connectivity index (χ2v) is 7.22. The van der Waals surface area contributed by atoms with Crippen molar-refractivity contribution in [2.45, 2.75) is 18.2 Å². The highest BCUT2D eigenvalue weighted by Gasteiger charge is 2.16. The second kappa shape index (κ2) is 7.82. The lowest BCUT2D eigenvalue weighted by atomic mass is 10.2. The van der Waals surface area contributed by atoms with Gasteiger partial charge in [-0.3, -0.25) is 0 Å². The summed E-state index contributed by atoms with van der Waals surface area (Å²) in [5, 5.41) is 8.61. The predicted octanol–water partition coefficient (Wildman–Crippen LogP) is 1.11. The van der Waals surface area contributed by atoms with E-state index in [9.17, 15) is 12.8 Å². The molecular formula is C12H19FN2O3S2. The van der Waals surface area contributed by atoms with Crippen molar-refractivity contribution < 1.29 is 17.9 Å². The van der Waals surface area contributed by atoms with E-state index >= 15 is 0 Å². The molecule has 0 amide bonds. The summed E-state index contributed by atoms with van der Waals surface area (Å²) in [6.45, 7) is 1.87. The molecular weight excluding hydrogens is 303 g/mol. The molecule has 0 unspecified atom stereocenters. The normalized spacial score (nSPS) is 11.8. The average Bonchev–Trinajstić information content (AvgIpc) is 2.39. The van der Waals surface area contributed by atoms with Gasteiger partial charge in [0, 0.05) is 18.9 Å². The highest BCUT2D eigenvalue weighted by molar-refractivity contribution is 7.99. The molecule has 0 radical (unpaired) electrons. The van der Waals surface area contributed by atoms with E-state index in [2.05, 4.69) is 4.72 Å². The predicted molar refractivity (Wildman–Crippen MR) is 79.8 cm³/mol. The number of sulfonamides is 1. The Bertz CT molecular complexity index is 527. The molecule has 0 heterocycles. The molecule has 8 heteroatoms. The van der Waals surface area contributed by atoms with Crippen LogP contribution in [0.2, 0.25) is 0 Å². The van der Waals surface area contributed by atoms with Gasteiger partial charge in [0.2, 0.25) is 10.0 Å². The Morgan fingerprint density at radius 2 is 2.10 bits per heavy atom. The number of anilines is 1. The molecule has 0 spiro atoms. The number of aliphatic hydroxyl groups is 1. The summed E-state index contributed by atoms with van der Waals surface area (Å²) in [4.78, 5) is -0.0331. The number of thioether (sulfide) groups is 1. The van der Waals surface area contributed by atoms with Crippen molar-refractivity contribution in [3.05, 3.63) is 23.5 Å². The average molecular weight is 322 g/mol. The molecule has 114 valence electrons. The fourth-order valence-electron chi connectivity index (χ4n) is 1.52. The van der Waals surface area contributed by atoms with E-state index in [1.807, 2.05) is 0 Å². The number of nitrogens with two attached hydrogens (primary N) is 1. The lowest BCUT2D eigenvalue weighted by Gasteiger charge is -2.09. The number of aliphatic hydroxyl groups excluding tert-OH is 1. The van der Waals surface area contributed by atoms with Gasteiger partial charge >= 0.3 is 0 Å². The summed E-state index contributed by atoms with van der Waals surface area (Å²) in [5.74, 6) is 0.791. The van der Waals surface area contributed by atoms with E-state index in [0.717, 1.165) is 11.8 Å². The largest absolute Gasteiger partial charge is 0.396 e. The summed E-state index contributed by atoms with van der Waals surface area (Å²) in [6.07, 6.45) is 0.686. The van der Waals surface area contributed by atoms with Crippen molar-refractivity contribution in [3.63, 3.8) is 0 Å². The van der Waals surface area contributed by atoms with Crippen molar-refractivity contribution in [1.82, 2.24) is 4.72 Å². The van der Waals surface area contributed by atoms with Crippen LogP contribution in [0.3, 0.4) is 0 Å². The van der Waals surface area contributed by atoms with Gasteiger partial charge in [-0.2, -0.15) is 11.8 Å². The molecule has 5 nitrogen and oxygen atoms in total.